The first-order chi connectivity index (χ1) is 17.8. The summed E-state index contributed by atoms with van der Waals surface area (Å²) in [7, 11) is 0. The van der Waals surface area contributed by atoms with E-state index in [1.807, 2.05) is 44.2 Å². The molecule has 4 rings (SSSR count). The number of carbonyl (C=O) groups is 3. The van der Waals surface area contributed by atoms with Gasteiger partial charge in [0.2, 0.25) is 17.7 Å². The van der Waals surface area contributed by atoms with E-state index in [0.717, 1.165) is 31.5 Å². The molecule has 0 saturated carbocycles. The maximum Gasteiger partial charge on any atom is 0.243 e. The van der Waals surface area contributed by atoms with Gasteiger partial charge < -0.3 is 20.7 Å². The van der Waals surface area contributed by atoms with Crippen LogP contribution in [0.3, 0.4) is 0 Å². The van der Waals surface area contributed by atoms with E-state index in [1.54, 1.807) is 0 Å². The van der Waals surface area contributed by atoms with E-state index in [0.29, 0.717) is 45.4 Å². The molecule has 37 heavy (non-hydrogen) atoms. The van der Waals surface area contributed by atoms with Gasteiger partial charge in [0.15, 0.2) is 0 Å². The summed E-state index contributed by atoms with van der Waals surface area (Å²) < 4.78 is 5.58. The fraction of sp³-hybridized carbons (Fsp3) is 0.621. The minimum atomic E-state index is -0.645. The molecular weight excluding hydrogens is 468 g/mol. The number of piperidine rings is 1. The zero-order valence-electron chi connectivity index (χ0n) is 22.2. The van der Waals surface area contributed by atoms with Gasteiger partial charge >= 0.3 is 0 Å². The van der Waals surface area contributed by atoms with Crippen molar-refractivity contribution in [2.45, 2.75) is 70.5 Å². The Hall–Kier alpha value is -2.71. The highest BCUT2D eigenvalue weighted by atomic mass is 16.5. The van der Waals surface area contributed by atoms with Crippen LogP contribution in [-0.2, 0) is 25.5 Å². The van der Waals surface area contributed by atoms with E-state index in [9.17, 15) is 14.4 Å². The van der Waals surface area contributed by atoms with Crippen LogP contribution >= 0.6 is 0 Å². The van der Waals surface area contributed by atoms with Gasteiger partial charge in [-0.1, -0.05) is 42.5 Å². The van der Waals surface area contributed by atoms with Crippen LogP contribution in [0.4, 0.5) is 0 Å². The first-order valence-electron chi connectivity index (χ1n) is 13.7. The molecule has 8 nitrogen and oxygen atoms in total. The zero-order chi connectivity index (χ0) is 26.3. The molecule has 1 spiro atoms. The third-order valence-electron chi connectivity index (χ3n) is 7.91. The van der Waals surface area contributed by atoms with E-state index < -0.39 is 11.5 Å². The number of allylic oxidation sites excluding steroid dienone is 2. The first-order valence-corrected chi connectivity index (χ1v) is 13.7. The second kappa shape index (κ2) is 12.7. The van der Waals surface area contributed by atoms with Crippen molar-refractivity contribution in [3.05, 3.63) is 48.0 Å². The second-order valence-corrected chi connectivity index (χ2v) is 11.1. The molecular formula is C29H42N4O4. The van der Waals surface area contributed by atoms with Crippen molar-refractivity contribution in [3.63, 3.8) is 0 Å². The predicted octanol–water partition coefficient (Wildman–Crippen LogP) is 2.19. The highest BCUT2D eigenvalue weighted by molar-refractivity contribution is 5.90. The zero-order valence-corrected chi connectivity index (χ0v) is 22.2. The maximum absolute atomic E-state index is 13.6. The van der Waals surface area contributed by atoms with Crippen LogP contribution in [0, 0.1) is 11.3 Å². The number of nitrogens with zero attached hydrogens (tertiary/aromatic N) is 1. The number of rotatable bonds is 5. The Morgan fingerprint density at radius 1 is 1.14 bits per heavy atom. The van der Waals surface area contributed by atoms with Crippen LogP contribution in [0.25, 0.3) is 0 Å². The first kappa shape index (κ1) is 27.3. The van der Waals surface area contributed by atoms with Crippen LogP contribution in [0.1, 0.15) is 51.5 Å². The van der Waals surface area contributed by atoms with Gasteiger partial charge in [0.1, 0.15) is 6.04 Å². The number of hydrogen-bond acceptors (Lipinski definition) is 5. The molecule has 3 atom stereocenters. The highest BCUT2D eigenvalue weighted by Gasteiger charge is 2.41. The van der Waals surface area contributed by atoms with Crippen LogP contribution in [-0.4, -0.2) is 73.6 Å². The third kappa shape index (κ3) is 7.42. The molecule has 3 amide bonds. The van der Waals surface area contributed by atoms with E-state index in [2.05, 4.69) is 33.0 Å². The Labute approximate surface area is 220 Å². The lowest BCUT2D eigenvalue weighted by Crippen LogP contribution is -2.58. The van der Waals surface area contributed by atoms with Crippen LogP contribution in [0.15, 0.2) is 42.5 Å². The Morgan fingerprint density at radius 3 is 2.62 bits per heavy atom. The van der Waals surface area contributed by atoms with Crippen molar-refractivity contribution < 1.29 is 19.1 Å². The van der Waals surface area contributed by atoms with Gasteiger partial charge in [-0.05, 0) is 57.4 Å². The van der Waals surface area contributed by atoms with E-state index in [-0.39, 0.29) is 35.7 Å². The fourth-order valence-electron chi connectivity index (χ4n) is 5.77. The minimum Gasteiger partial charge on any atom is -0.381 e. The quantitative estimate of drug-likeness (QED) is 0.528. The van der Waals surface area contributed by atoms with E-state index >= 15 is 0 Å². The average molecular weight is 511 g/mol. The highest BCUT2D eigenvalue weighted by Crippen LogP contribution is 2.36. The molecule has 2 fully saturated rings. The van der Waals surface area contributed by atoms with E-state index in [4.69, 9.17) is 4.74 Å². The van der Waals surface area contributed by atoms with Crippen molar-refractivity contribution in [2.24, 2.45) is 11.3 Å². The number of hydrogen-bond donors (Lipinski definition) is 3. The molecule has 0 aliphatic carbocycles. The topological polar surface area (TPSA) is 99.8 Å². The molecule has 202 valence electrons. The summed E-state index contributed by atoms with van der Waals surface area (Å²) in [6.07, 6.45) is 8.25. The molecule has 0 aromatic heterocycles. The molecule has 0 radical (unpaired) electrons. The number of likely N-dealkylation sites (tertiary alicyclic amines) is 1. The molecule has 0 unspecified atom stereocenters. The summed E-state index contributed by atoms with van der Waals surface area (Å²) >= 11 is 0. The maximum atomic E-state index is 13.6. The van der Waals surface area contributed by atoms with Gasteiger partial charge in [0.05, 0.1) is 12.0 Å². The number of amides is 3. The Bertz CT molecular complexity index is 958. The summed E-state index contributed by atoms with van der Waals surface area (Å²) in [6.45, 7) is 6.89. The lowest BCUT2D eigenvalue weighted by Gasteiger charge is -2.40. The van der Waals surface area contributed by atoms with Crippen LogP contribution in [0.5, 0.6) is 0 Å². The van der Waals surface area contributed by atoms with Gasteiger partial charge in [0, 0.05) is 44.8 Å². The molecule has 3 aliphatic heterocycles. The average Bonchev–Trinajstić information content (AvgIpc) is 2.87. The largest absolute Gasteiger partial charge is 0.381 e. The molecule has 3 heterocycles. The molecule has 1 aromatic carbocycles. The van der Waals surface area contributed by atoms with Gasteiger partial charge in [-0.2, -0.15) is 0 Å². The van der Waals surface area contributed by atoms with Crippen molar-refractivity contribution >= 4 is 17.7 Å². The molecule has 3 aliphatic rings. The minimum absolute atomic E-state index is 0.00629. The van der Waals surface area contributed by atoms with Crippen LogP contribution < -0.4 is 16.0 Å². The fourth-order valence-corrected chi connectivity index (χ4v) is 5.77. The van der Waals surface area contributed by atoms with Crippen molar-refractivity contribution in [3.8, 4) is 0 Å². The smallest absolute Gasteiger partial charge is 0.243 e. The third-order valence-corrected chi connectivity index (χ3v) is 7.91. The molecule has 3 N–H and O–H groups in total. The molecule has 1 aromatic rings. The van der Waals surface area contributed by atoms with Crippen molar-refractivity contribution in [1.82, 2.24) is 20.9 Å². The van der Waals surface area contributed by atoms with Gasteiger partial charge in [0.25, 0.3) is 0 Å². The number of carbonyl (C=O) groups excluding carboxylic acids is 3. The Kier molecular flexibility index (Phi) is 9.38. The summed E-state index contributed by atoms with van der Waals surface area (Å²) in [5, 5.41) is 9.40. The van der Waals surface area contributed by atoms with E-state index in [1.165, 1.54) is 0 Å². The summed E-state index contributed by atoms with van der Waals surface area (Å²) in [4.78, 5) is 41.8. The Balaban J connectivity index is 1.54. The normalized spacial score (nSPS) is 27.8. The standard InChI is InChI=1S/C29H42N4O4/c1-21(2)30-26(34)20-33-15-11-24-23(19-33)10-6-7-12-29(13-16-37-17-14-29)28(36)32-25(27(35)31-24)18-22-8-4-3-5-9-22/h3-9,21,23-25H,10-20H2,1-2H3,(H,30,34)(H,31,35)(H,32,36)/b7-6+/t23-,24+,25+/m0/s1. The lowest BCUT2D eigenvalue weighted by atomic mass is 9.75. The summed E-state index contributed by atoms with van der Waals surface area (Å²) in [5.74, 6) is 0.0387. The summed E-state index contributed by atoms with van der Waals surface area (Å²) in [5.41, 5.74) is 0.453. The van der Waals surface area contributed by atoms with Crippen LogP contribution in [0.2, 0.25) is 0 Å². The lowest BCUT2D eigenvalue weighted by molar-refractivity contribution is -0.140. The van der Waals surface area contributed by atoms with Gasteiger partial charge in [-0.25, -0.2) is 0 Å². The monoisotopic (exact) mass is 510 g/mol. The molecule has 0 bridgehead atoms. The number of ether oxygens (including phenoxy) is 1. The summed E-state index contributed by atoms with van der Waals surface area (Å²) in [6, 6.07) is 9.31. The SMILES string of the molecule is CC(C)NC(=O)CN1CC[C@H]2NC(=O)[C@@H](Cc3ccccc3)NC(=O)C3(C/C=C/C[C@H]2C1)CCOCC3. The second-order valence-electron chi connectivity index (χ2n) is 11.1. The van der Waals surface area contributed by atoms with Crippen molar-refractivity contribution in [2.75, 3.05) is 32.8 Å². The predicted molar refractivity (Wildman–Crippen MR) is 143 cm³/mol. The van der Waals surface area contributed by atoms with Gasteiger partial charge in [-0.15, -0.1) is 0 Å². The molecule has 2 saturated heterocycles. The van der Waals surface area contributed by atoms with Crippen molar-refractivity contribution in [1.29, 1.82) is 0 Å². The number of fused-ring (bicyclic) bond motifs is 1. The Morgan fingerprint density at radius 2 is 1.89 bits per heavy atom. The molecule has 8 heteroatoms. The number of benzene rings is 1. The number of nitrogens with one attached hydrogen (secondary N) is 3. The van der Waals surface area contributed by atoms with Gasteiger partial charge in [-0.3, -0.25) is 19.3 Å².